The van der Waals surface area contributed by atoms with Gasteiger partial charge in [-0.15, -0.1) is 10.2 Å². The van der Waals surface area contributed by atoms with Crippen molar-refractivity contribution in [3.05, 3.63) is 66.7 Å². The number of hydrogen-bond donors (Lipinski definition) is 0. The van der Waals surface area contributed by atoms with E-state index in [1.165, 1.54) is 0 Å². The summed E-state index contributed by atoms with van der Waals surface area (Å²) >= 11 is 0. The number of nitrogens with zero attached hydrogens (tertiary/aromatic N) is 3. The van der Waals surface area contributed by atoms with Gasteiger partial charge in [0.15, 0.2) is 5.58 Å². The van der Waals surface area contributed by atoms with Crippen LogP contribution in [0.3, 0.4) is 0 Å². The number of rotatable bonds is 1. The minimum absolute atomic E-state index is 0.710. The van der Waals surface area contributed by atoms with Crippen molar-refractivity contribution in [1.29, 1.82) is 0 Å². The van der Waals surface area contributed by atoms with Gasteiger partial charge >= 0.3 is 0 Å². The van der Waals surface area contributed by atoms with Gasteiger partial charge in [-0.05, 0) is 24.3 Å². The van der Waals surface area contributed by atoms with E-state index in [0.29, 0.717) is 5.69 Å². The number of pyridine rings is 1. The summed E-state index contributed by atoms with van der Waals surface area (Å²) in [5.41, 5.74) is 4.77. The molecule has 0 unspecified atom stereocenters. The average molecular weight is 297 g/mol. The first-order valence-corrected chi connectivity index (χ1v) is 7.40. The molecular formula is C19H11N3O. The zero-order valence-corrected chi connectivity index (χ0v) is 12.1. The van der Waals surface area contributed by atoms with Crippen molar-refractivity contribution in [3.63, 3.8) is 0 Å². The molecule has 3 heterocycles. The molecule has 0 aliphatic carbocycles. The summed E-state index contributed by atoms with van der Waals surface area (Å²) in [7, 11) is 0. The van der Waals surface area contributed by atoms with E-state index < -0.39 is 0 Å². The van der Waals surface area contributed by atoms with E-state index in [1.54, 1.807) is 0 Å². The molecule has 0 N–H and O–H groups in total. The molecule has 0 aliphatic heterocycles. The largest absolute Gasteiger partial charge is 0.454 e. The van der Waals surface area contributed by atoms with Gasteiger partial charge in [-0.2, -0.15) is 0 Å². The molecule has 0 saturated carbocycles. The van der Waals surface area contributed by atoms with Crippen LogP contribution in [0.25, 0.3) is 44.4 Å². The molecule has 0 atom stereocenters. The van der Waals surface area contributed by atoms with Crippen LogP contribution in [0, 0.1) is 0 Å². The van der Waals surface area contributed by atoms with Crippen LogP contribution in [0.1, 0.15) is 0 Å². The highest BCUT2D eigenvalue weighted by Crippen LogP contribution is 2.28. The second kappa shape index (κ2) is 4.61. The third kappa shape index (κ3) is 1.89. The quantitative estimate of drug-likeness (QED) is 0.454. The Balaban J connectivity index is 1.73. The first-order chi connectivity index (χ1) is 11.4. The van der Waals surface area contributed by atoms with Crippen molar-refractivity contribution < 1.29 is 4.42 Å². The van der Waals surface area contributed by atoms with Crippen LogP contribution >= 0.6 is 0 Å². The van der Waals surface area contributed by atoms with Crippen LogP contribution in [0.4, 0.5) is 0 Å². The molecule has 3 aromatic heterocycles. The zero-order valence-electron chi connectivity index (χ0n) is 12.1. The molecule has 4 heteroatoms. The van der Waals surface area contributed by atoms with E-state index in [4.69, 9.17) is 4.42 Å². The Morgan fingerprint density at radius 1 is 0.696 bits per heavy atom. The third-order valence-corrected chi connectivity index (χ3v) is 3.98. The van der Waals surface area contributed by atoms with E-state index in [-0.39, 0.29) is 0 Å². The Kier molecular flexibility index (Phi) is 2.46. The Hall–Kier alpha value is -3.27. The zero-order chi connectivity index (χ0) is 15.2. The maximum atomic E-state index is 5.87. The van der Waals surface area contributed by atoms with Crippen molar-refractivity contribution in [2.75, 3.05) is 0 Å². The van der Waals surface area contributed by atoms with Crippen molar-refractivity contribution in [3.8, 4) is 11.4 Å². The van der Waals surface area contributed by atoms with Gasteiger partial charge in [0.05, 0.1) is 11.2 Å². The molecule has 0 fully saturated rings. The van der Waals surface area contributed by atoms with Gasteiger partial charge < -0.3 is 4.42 Å². The van der Waals surface area contributed by atoms with Gasteiger partial charge in [0, 0.05) is 16.8 Å². The summed E-state index contributed by atoms with van der Waals surface area (Å²) in [5.74, 6) is 0. The van der Waals surface area contributed by atoms with Crippen molar-refractivity contribution in [2.45, 2.75) is 0 Å². The van der Waals surface area contributed by atoms with Crippen LogP contribution < -0.4 is 0 Å². The predicted octanol–water partition coefficient (Wildman–Crippen LogP) is 4.59. The number of aromatic nitrogens is 3. The van der Waals surface area contributed by atoms with E-state index in [1.807, 2.05) is 66.7 Å². The Labute approximate surface area is 131 Å². The number of benzene rings is 2. The lowest BCUT2D eigenvalue weighted by atomic mass is 10.1. The minimum Gasteiger partial charge on any atom is -0.454 e. The topological polar surface area (TPSA) is 51.8 Å². The highest BCUT2D eigenvalue weighted by atomic mass is 16.3. The van der Waals surface area contributed by atoms with Gasteiger partial charge in [0.1, 0.15) is 16.8 Å². The number of hydrogen-bond acceptors (Lipinski definition) is 4. The highest BCUT2D eigenvalue weighted by molar-refractivity contribution is 6.02. The molecule has 0 bridgehead atoms. The predicted molar refractivity (Wildman–Crippen MR) is 90.0 cm³/mol. The minimum atomic E-state index is 0.710. The van der Waals surface area contributed by atoms with Crippen LogP contribution in [0.2, 0.25) is 0 Å². The van der Waals surface area contributed by atoms with E-state index >= 15 is 0 Å². The van der Waals surface area contributed by atoms with Crippen molar-refractivity contribution >= 4 is 33.0 Å². The molecule has 108 valence electrons. The van der Waals surface area contributed by atoms with Gasteiger partial charge in [0.2, 0.25) is 0 Å². The van der Waals surface area contributed by atoms with Gasteiger partial charge in [0.25, 0.3) is 0 Å². The second-order valence-corrected chi connectivity index (χ2v) is 5.43. The number of fused-ring (bicyclic) bond motifs is 4. The molecule has 0 spiro atoms. The van der Waals surface area contributed by atoms with Crippen LogP contribution in [-0.4, -0.2) is 15.2 Å². The monoisotopic (exact) mass is 297 g/mol. The standard InChI is InChI=1S/C19H11N3O/c1-3-7-14-12(5-1)9-10-15(20-14)16-11-18-19(22-21-16)13-6-2-4-8-17(13)23-18/h1-11H. The molecule has 5 rings (SSSR count). The molecule has 4 nitrogen and oxygen atoms in total. The maximum Gasteiger partial charge on any atom is 0.158 e. The summed E-state index contributed by atoms with van der Waals surface area (Å²) in [6, 6.07) is 21.8. The SMILES string of the molecule is c1ccc2nc(-c3cc4oc5ccccc5c4nn3)ccc2c1. The Bertz CT molecular complexity index is 1180. The van der Waals surface area contributed by atoms with Crippen LogP contribution in [0.5, 0.6) is 0 Å². The van der Waals surface area contributed by atoms with E-state index in [0.717, 1.165) is 38.7 Å². The molecule has 5 aromatic rings. The fourth-order valence-corrected chi connectivity index (χ4v) is 2.84. The Morgan fingerprint density at radius 2 is 1.57 bits per heavy atom. The van der Waals surface area contributed by atoms with E-state index in [2.05, 4.69) is 15.2 Å². The molecule has 0 aliphatic rings. The van der Waals surface area contributed by atoms with Crippen LogP contribution in [-0.2, 0) is 0 Å². The molecule has 0 amide bonds. The van der Waals surface area contributed by atoms with Gasteiger partial charge in [-0.3, -0.25) is 0 Å². The Morgan fingerprint density at radius 3 is 2.57 bits per heavy atom. The summed E-state index contributed by atoms with van der Waals surface area (Å²) in [5, 5.41) is 10.8. The molecule has 23 heavy (non-hydrogen) atoms. The molecule has 0 saturated heterocycles. The van der Waals surface area contributed by atoms with Gasteiger partial charge in [-0.1, -0.05) is 36.4 Å². The third-order valence-electron chi connectivity index (χ3n) is 3.98. The number of para-hydroxylation sites is 2. The molecular weight excluding hydrogens is 286 g/mol. The lowest BCUT2D eigenvalue weighted by Crippen LogP contribution is -1.90. The lowest BCUT2D eigenvalue weighted by Gasteiger charge is -2.01. The molecule has 2 aromatic carbocycles. The van der Waals surface area contributed by atoms with Crippen molar-refractivity contribution in [2.24, 2.45) is 0 Å². The smallest absolute Gasteiger partial charge is 0.158 e. The van der Waals surface area contributed by atoms with Crippen LogP contribution in [0.15, 0.2) is 71.1 Å². The van der Waals surface area contributed by atoms with Crippen molar-refractivity contribution in [1.82, 2.24) is 15.2 Å². The van der Waals surface area contributed by atoms with Gasteiger partial charge in [-0.25, -0.2) is 4.98 Å². The first-order valence-electron chi connectivity index (χ1n) is 7.40. The summed E-state index contributed by atoms with van der Waals surface area (Å²) in [6.07, 6.45) is 0. The summed E-state index contributed by atoms with van der Waals surface area (Å²) in [6.45, 7) is 0. The highest BCUT2D eigenvalue weighted by Gasteiger charge is 2.11. The summed E-state index contributed by atoms with van der Waals surface area (Å²) in [4.78, 5) is 4.66. The fraction of sp³-hybridized carbons (Fsp3) is 0. The maximum absolute atomic E-state index is 5.87. The number of furan rings is 1. The summed E-state index contributed by atoms with van der Waals surface area (Å²) < 4.78 is 5.87. The lowest BCUT2D eigenvalue weighted by molar-refractivity contribution is 0.667. The van der Waals surface area contributed by atoms with E-state index in [9.17, 15) is 0 Å². The average Bonchev–Trinajstić information content (AvgIpc) is 2.99. The molecule has 0 radical (unpaired) electrons. The fourth-order valence-electron chi connectivity index (χ4n) is 2.84. The normalized spacial score (nSPS) is 11.5. The second-order valence-electron chi connectivity index (χ2n) is 5.43. The first kappa shape index (κ1) is 12.3.